The first-order chi connectivity index (χ1) is 11.7. The molecule has 3 heteroatoms. The highest BCUT2D eigenvalue weighted by Gasteiger charge is 2.06. The summed E-state index contributed by atoms with van der Waals surface area (Å²) in [6.45, 7) is 4.05. The number of allylic oxidation sites excluding steroid dienone is 2. The topological polar surface area (TPSA) is 49.0 Å². The predicted molar refractivity (Wildman–Crippen MR) is 102 cm³/mol. The minimum absolute atomic E-state index is 0.0884. The Morgan fingerprint density at radius 2 is 1.29 bits per heavy atom. The van der Waals surface area contributed by atoms with Gasteiger partial charge >= 0.3 is 0 Å². The van der Waals surface area contributed by atoms with Gasteiger partial charge in [-0.1, -0.05) is 77.4 Å². The molecule has 0 aliphatic rings. The summed E-state index contributed by atoms with van der Waals surface area (Å²) in [5, 5.41) is 13.6. The largest absolute Gasteiger partial charge is 0.328 e. The van der Waals surface area contributed by atoms with Gasteiger partial charge in [0, 0.05) is 6.42 Å². The monoisotopic (exact) mass is 338 g/mol. The molecule has 141 valence electrons. The third kappa shape index (κ3) is 17.5. The Morgan fingerprint density at radius 1 is 0.792 bits per heavy atom. The second kappa shape index (κ2) is 18.5. The van der Waals surface area contributed by atoms with Crippen molar-refractivity contribution in [3.63, 3.8) is 0 Å². The van der Waals surface area contributed by atoms with Crippen molar-refractivity contribution in [3.05, 3.63) is 12.2 Å². The molecule has 0 spiro atoms. The number of carbonyl (C=O) groups excluding carboxylic acids is 1. The highest BCUT2D eigenvalue weighted by atomic mass is 16.3. The van der Waals surface area contributed by atoms with E-state index in [9.17, 15) is 9.90 Å². The van der Waals surface area contributed by atoms with Gasteiger partial charge in [0.1, 0.15) is 0 Å². The maximum Gasteiger partial charge on any atom is 0.222 e. The van der Waals surface area contributed by atoms with Gasteiger partial charge in [0.2, 0.25) is 5.91 Å². The molecule has 0 aliphatic heterocycles. The molecule has 0 saturated carbocycles. The molecule has 1 radical (unpaired) electrons. The number of hydrogen-bond acceptors (Lipinski definition) is 1. The molecule has 0 aromatic heterocycles. The van der Waals surface area contributed by atoms with Gasteiger partial charge in [-0.15, -0.1) is 0 Å². The Labute approximate surface area is 150 Å². The molecule has 1 atom stereocenters. The molecule has 24 heavy (non-hydrogen) atoms. The van der Waals surface area contributed by atoms with Crippen LogP contribution in [0.5, 0.6) is 0 Å². The van der Waals surface area contributed by atoms with Gasteiger partial charge in [-0.2, -0.15) is 0 Å². The SMILES string of the molecule is CCCCCCCC/C=C\CCCCCCCC(=O)NC([O])CC. The van der Waals surface area contributed by atoms with Crippen molar-refractivity contribution in [1.29, 1.82) is 0 Å². The third-order valence-electron chi connectivity index (χ3n) is 4.36. The van der Waals surface area contributed by atoms with Crippen LogP contribution in [0.1, 0.15) is 110 Å². The average Bonchev–Trinajstić information content (AvgIpc) is 2.58. The molecule has 0 heterocycles. The van der Waals surface area contributed by atoms with E-state index in [-0.39, 0.29) is 5.91 Å². The summed E-state index contributed by atoms with van der Waals surface area (Å²) >= 11 is 0. The zero-order valence-electron chi connectivity index (χ0n) is 16.2. The summed E-state index contributed by atoms with van der Waals surface area (Å²) in [6.07, 6.45) is 21.0. The first-order valence-electron chi connectivity index (χ1n) is 10.3. The van der Waals surface area contributed by atoms with Gasteiger partial charge in [-0.3, -0.25) is 4.79 Å². The molecule has 0 aromatic carbocycles. The summed E-state index contributed by atoms with van der Waals surface area (Å²) < 4.78 is 0. The Morgan fingerprint density at radius 3 is 1.83 bits per heavy atom. The van der Waals surface area contributed by atoms with Crippen molar-refractivity contribution in [1.82, 2.24) is 5.32 Å². The fraction of sp³-hybridized carbons (Fsp3) is 0.857. The van der Waals surface area contributed by atoms with Crippen molar-refractivity contribution < 1.29 is 9.90 Å². The van der Waals surface area contributed by atoms with Crippen LogP contribution in [0.4, 0.5) is 0 Å². The van der Waals surface area contributed by atoms with Crippen molar-refractivity contribution >= 4 is 5.91 Å². The highest BCUT2D eigenvalue weighted by molar-refractivity contribution is 5.75. The number of carbonyl (C=O) groups is 1. The van der Waals surface area contributed by atoms with Crippen LogP contribution in [0.25, 0.3) is 0 Å². The van der Waals surface area contributed by atoms with Crippen molar-refractivity contribution in [2.75, 3.05) is 0 Å². The van der Waals surface area contributed by atoms with Crippen LogP contribution in [0.15, 0.2) is 12.2 Å². The van der Waals surface area contributed by atoms with Crippen LogP contribution in [0.3, 0.4) is 0 Å². The van der Waals surface area contributed by atoms with E-state index < -0.39 is 6.23 Å². The Kier molecular flexibility index (Phi) is 17.9. The number of unbranched alkanes of at least 4 members (excludes halogenated alkanes) is 11. The van der Waals surface area contributed by atoms with Crippen LogP contribution >= 0.6 is 0 Å². The quantitative estimate of drug-likeness (QED) is 0.189. The zero-order chi connectivity index (χ0) is 17.9. The molecule has 1 amide bonds. The first-order valence-corrected chi connectivity index (χ1v) is 10.3. The maximum absolute atomic E-state index is 11.4. The number of rotatable bonds is 17. The Balaban J connectivity index is 3.22. The molecule has 0 aromatic rings. The normalized spacial score (nSPS) is 12.6. The lowest BCUT2D eigenvalue weighted by Crippen LogP contribution is -2.32. The minimum atomic E-state index is -0.930. The van der Waals surface area contributed by atoms with Crippen LogP contribution in [-0.4, -0.2) is 12.1 Å². The number of nitrogens with one attached hydrogen (secondary N) is 1. The number of amides is 1. The van der Waals surface area contributed by atoms with Crippen LogP contribution in [0, 0.1) is 0 Å². The highest BCUT2D eigenvalue weighted by Crippen LogP contribution is 2.10. The molecule has 3 nitrogen and oxygen atoms in total. The van der Waals surface area contributed by atoms with Gasteiger partial charge in [0.25, 0.3) is 0 Å². The van der Waals surface area contributed by atoms with E-state index >= 15 is 0 Å². The van der Waals surface area contributed by atoms with Crippen LogP contribution < -0.4 is 5.32 Å². The molecule has 0 aliphatic carbocycles. The zero-order valence-corrected chi connectivity index (χ0v) is 16.2. The standard InChI is InChI=1S/C21H40NO2/c1-3-5-6-7-8-9-10-11-12-13-14-15-16-17-18-19-21(24)22-20(23)4-2/h11-12,20H,3-10,13-19H2,1-2H3,(H,22,24)/b12-11-. The summed E-state index contributed by atoms with van der Waals surface area (Å²) in [7, 11) is 0. The molecule has 0 bridgehead atoms. The Bertz CT molecular complexity index is 302. The molecule has 0 rings (SSSR count). The van der Waals surface area contributed by atoms with E-state index in [0.717, 1.165) is 12.8 Å². The van der Waals surface area contributed by atoms with Gasteiger partial charge < -0.3 is 5.32 Å². The predicted octanol–water partition coefficient (Wildman–Crippen LogP) is 6.31. The average molecular weight is 339 g/mol. The fourth-order valence-corrected chi connectivity index (χ4v) is 2.71. The second-order valence-corrected chi connectivity index (χ2v) is 6.80. The van der Waals surface area contributed by atoms with Gasteiger partial charge in [0.05, 0.1) is 0 Å². The van der Waals surface area contributed by atoms with E-state index in [1.54, 1.807) is 6.92 Å². The molecule has 0 fully saturated rings. The molecule has 1 unspecified atom stereocenters. The summed E-state index contributed by atoms with van der Waals surface area (Å²) in [4.78, 5) is 11.4. The minimum Gasteiger partial charge on any atom is -0.328 e. The second-order valence-electron chi connectivity index (χ2n) is 6.80. The van der Waals surface area contributed by atoms with E-state index in [4.69, 9.17) is 0 Å². The van der Waals surface area contributed by atoms with Crippen LogP contribution in [-0.2, 0) is 9.90 Å². The summed E-state index contributed by atoms with van der Waals surface area (Å²) in [6, 6.07) is 0. The summed E-state index contributed by atoms with van der Waals surface area (Å²) in [5.41, 5.74) is 0. The van der Waals surface area contributed by atoms with E-state index in [1.807, 2.05) is 0 Å². The van der Waals surface area contributed by atoms with Gasteiger partial charge in [0.15, 0.2) is 6.23 Å². The lowest BCUT2D eigenvalue weighted by Gasteiger charge is -2.07. The molecular formula is C21H40NO2. The molecular weight excluding hydrogens is 298 g/mol. The third-order valence-corrected chi connectivity index (χ3v) is 4.36. The van der Waals surface area contributed by atoms with Crippen molar-refractivity contribution in [2.45, 2.75) is 116 Å². The van der Waals surface area contributed by atoms with Crippen LogP contribution in [0.2, 0.25) is 0 Å². The maximum atomic E-state index is 11.4. The smallest absolute Gasteiger partial charge is 0.222 e. The fourth-order valence-electron chi connectivity index (χ4n) is 2.71. The van der Waals surface area contributed by atoms with Gasteiger partial charge in [-0.25, -0.2) is 5.11 Å². The lowest BCUT2D eigenvalue weighted by molar-refractivity contribution is -0.125. The van der Waals surface area contributed by atoms with Gasteiger partial charge in [-0.05, 0) is 38.5 Å². The van der Waals surface area contributed by atoms with Crippen molar-refractivity contribution in [3.8, 4) is 0 Å². The summed E-state index contributed by atoms with van der Waals surface area (Å²) in [5.74, 6) is -0.0884. The first kappa shape index (κ1) is 23.2. The lowest BCUT2D eigenvalue weighted by atomic mass is 10.1. The van der Waals surface area contributed by atoms with Crippen molar-refractivity contribution in [2.24, 2.45) is 0 Å². The molecule has 1 N–H and O–H groups in total. The molecule has 0 saturated heterocycles. The number of hydrogen-bond donors (Lipinski definition) is 1. The van der Waals surface area contributed by atoms with E-state index in [1.165, 1.54) is 70.6 Å². The Hall–Kier alpha value is -0.830. The van der Waals surface area contributed by atoms with E-state index in [2.05, 4.69) is 24.4 Å². The van der Waals surface area contributed by atoms with E-state index in [0.29, 0.717) is 12.8 Å².